The monoisotopic (exact) mass is 621 g/mol. The predicted molar refractivity (Wildman–Crippen MR) is 184 cm³/mol. The molecule has 0 radical (unpaired) electrons. The number of fused-ring (bicyclic) bond motifs is 1. The van der Waals surface area contributed by atoms with E-state index in [4.69, 9.17) is 9.47 Å². The number of aliphatic hydroxyl groups is 1. The van der Waals surface area contributed by atoms with Crippen molar-refractivity contribution in [2.45, 2.75) is 179 Å². The normalized spacial score (nSPS) is 26.8. The fourth-order valence-corrected chi connectivity index (χ4v) is 8.78. The molecule has 2 bridgehead atoms. The summed E-state index contributed by atoms with van der Waals surface area (Å²) in [4.78, 5) is 15.6. The molecule has 1 saturated carbocycles. The Morgan fingerprint density at radius 2 is 1.56 bits per heavy atom. The number of likely N-dealkylation sites (tertiary alicyclic amines) is 1. The van der Waals surface area contributed by atoms with Crippen LogP contribution in [0.1, 0.15) is 160 Å². The Morgan fingerprint density at radius 1 is 0.956 bits per heavy atom. The van der Waals surface area contributed by atoms with Crippen LogP contribution in [0.15, 0.2) is 24.3 Å². The molecule has 2 heterocycles. The van der Waals surface area contributed by atoms with Crippen LogP contribution in [0.2, 0.25) is 0 Å². The van der Waals surface area contributed by atoms with Crippen LogP contribution in [0.25, 0.3) is 0 Å². The molecule has 252 valence electrons. The zero-order valence-electron chi connectivity index (χ0n) is 29.0. The Balaban J connectivity index is 1.09. The number of piperidine rings is 1. The zero-order valence-corrected chi connectivity index (χ0v) is 29.0. The Hall–Kier alpha value is -1.85. The summed E-state index contributed by atoms with van der Waals surface area (Å²) < 4.78 is 12.7. The third kappa shape index (κ3) is 7.67. The molecular formula is C40H63NO4. The molecule has 1 aromatic carbocycles. The van der Waals surface area contributed by atoms with Crippen molar-refractivity contribution in [3.8, 4) is 11.5 Å². The van der Waals surface area contributed by atoms with Gasteiger partial charge in [0.25, 0.3) is 0 Å². The SMILES string of the molecule is C=C(CC)[C@@H]1Oc2c(OC(=O)CCCCCCCCCCCCCCCCC)ccc3c2[C@@]12CCN(CC1CC1)C(C3)[C@@]2(C)O. The topological polar surface area (TPSA) is 59.0 Å². The summed E-state index contributed by atoms with van der Waals surface area (Å²) in [6.07, 6.45) is 24.7. The molecule has 2 aliphatic heterocycles. The van der Waals surface area contributed by atoms with Gasteiger partial charge >= 0.3 is 5.97 Å². The summed E-state index contributed by atoms with van der Waals surface area (Å²) in [5.74, 6) is 1.78. The highest BCUT2D eigenvalue weighted by Crippen LogP contribution is 2.63. The molecule has 1 unspecified atom stereocenters. The molecule has 0 aromatic heterocycles. The van der Waals surface area contributed by atoms with Crippen molar-refractivity contribution < 1.29 is 19.4 Å². The molecule has 5 heteroatoms. The van der Waals surface area contributed by atoms with Gasteiger partial charge in [-0.1, -0.05) is 116 Å². The number of unbranched alkanes of at least 4 members (excludes halogenated alkanes) is 14. The fraction of sp³-hybridized carbons (Fsp3) is 0.775. The van der Waals surface area contributed by atoms with Crippen LogP contribution in [-0.4, -0.2) is 46.8 Å². The van der Waals surface area contributed by atoms with Crippen LogP contribution < -0.4 is 9.47 Å². The van der Waals surface area contributed by atoms with Crippen molar-refractivity contribution in [2.75, 3.05) is 13.1 Å². The van der Waals surface area contributed by atoms with Gasteiger partial charge in [0.05, 0.1) is 11.0 Å². The average Bonchev–Trinajstić information content (AvgIpc) is 3.77. The maximum Gasteiger partial charge on any atom is 0.311 e. The van der Waals surface area contributed by atoms with Crippen LogP contribution in [-0.2, 0) is 16.6 Å². The number of ether oxygens (including phenoxy) is 2. The van der Waals surface area contributed by atoms with Gasteiger partial charge in [-0.05, 0) is 75.1 Å². The maximum absolute atomic E-state index is 13.0. The molecule has 4 aliphatic rings. The number of nitrogens with zero attached hydrogens (tertiary/aromatic N) is 1. The zero-order chi connectivity index (χ0) is 31.9. The number of rotatable bonds is 21. The number of benzene rings is 1. The van der Waals surface area contributed by atoms with Crippen LogP contribution in [0, 0.1) is 5.92 Å². The van der Waals surface area contributed by atoms with E-state index < -0.39 is 11.0 Å². The van der Waals surface area contributed by atoms with Gasteiger partial charge in [0.2, 0.25) is 0 Å². The van der Waals surface area contributed by atoms with E-state index in [0.29, 0.717) is 17.9 Å². The fourth-order valence-electron chi connectivity index (χ4n) is 8.78. The Morgan fingerprint density at radius 3 is 2.13 bits per heavy atom. The summed E-state index contributed by atoms with van der Waals surface area (Å²) in [5.41, 5.74) is 1.79. The van der Waals surface area contributed by atoms with E-state index >= 15 is 0 Å². The van der Waals surface area contributed by atoms with E-state index in [9.17, 15) is 9.90 Å². The van der Waals surface area contributed by atoms with E-state index in [1.807, 2.05) is 13.0 Å². The highest BCUT2D eigenvalue weighted by molar-refractivity contribution is 5.75. The largest absolute Gasteiger partial charge is 0.481 e. The number of hydrogen-bond donors (Lipinski definition) is 1. The number of carbonyl (C=O) groups is 1. The van der Waals surface area contributed by atoms with Crippen LogP contribution in [0.5, 0.6) is 11.5 Å². The van der Waals surface area contributed by atoms with Gasteiger partial charge < -0.3 is 14.6 Å². The maximum atomic E-state index is 13.0. The smallest absolute Gasteiger partial charge is 0.311 e. The predicted octanol–water partition coefficient (Wildman–Crippen LogP) is 9.61. The van der Waals surface area contributed by atoms with Crippen molar-refractivity contribution in [1.29, 1.82) is 0 Å². The number of carbonyl (C=O) groups excluding carboxylic acids is 1. The van der Waals surface area contributed by atoms with Crippen molar-refractivity contribution >= 4 is 5.97 Å². The van der Waals surface area contributed by atoms with Gasteiger partial charge in [0.1, 0.15) is 6.10 Å². The van der Waals surface area contributed by atoms with Gasteiger partial charge in [-0.3, -0.25) is 9.69 Å². The van der Waals surface area contributed by atoms with Gasteiger partial charge in [-0.15, -0.1) is 0 Å². The molecule has 2 aliphatic carbocycles. The summed E-state index contributed by atoms with van der Waals surface area (Å²) in [6.45, 7) is 12.9. The average molecular weight is 622 g/mol. The van der Waals surface area contributed by atoms with E-state index in [0.717, 1.165) is 62.2 Å². The first-order valence-corrected chi connectivity index (χ1v) is 19.0. The van der Waals surface area contributed by atoms with Gasteiger partial charge in [-0.2, -0.15) is 0 Å². The third-order valence-corrected chi connectivity index (χ3v) is 11.8. The Kier molecular flexibility index (Phi) is 12.1. The summed E-state index contributed by atoms with van der Waals surface area (Å²) in [6, 6.07) is 4.12. The van der Waals surface area contributed by atoms with Crippen LogP contribution in [0.3, 0.4) is 0 Å². The van der Waals surface area contributed by atoms with E-state index in [1.54, 1.807) is 0 Å². The lowest BCUT2D eigenvalue weighted by molar-refractivity contribution is -0.149. The minimum absolute atomic E-state index is 0.0552. The highest BCUT2D eigenvalue weighted by Gasteiger charge is 2.68. The molecule has 4 atom stereocenters. The molecular weight excluding hydrogens is 558 g/mol. The second-order valence-corrected chi connectivity index (χ2v) is 15.1. The standard InChI is InChI=1S/C40H63NO4/c1-5-7-8-9-10-11-12-13-14-15-16-17-18-19-20-21-35(42)44-33-25-24-32-28-34-39(4,43)40(26-27-41(34)29-31-22-23-31)36(32)37(33)45-38(40)30(3)6-2/h24-25,31,34,38,43H,3,5-23,26-29H2,1-2,4H3/t34?,38-,39+,40-/m0/s1. The lowest BCUT2D eigenvalue weighted by atomic mass is 9.52. The Labute approximate surface area is 274 Å². The first-order chi connectivity index (χ1) is 21.8. The van der Waals surface area contributed by atoms with Crippen molar-refractivity contribution in [3.05, 3.63) is 35.4 Å². The van der Waals surface area contributed by atoms with Gasteiger partial charge in [0.15, 0.2) is 11.5 Å². The summed E-state index contributed by atoms with van der Waals surface area (Å²) in [5, 5.41) is 12.4. The lowest BCUT2D eigenvalue weighted by Crippen LogP contribution is -2.73. The molecule has 0 amide bonds. The van der Waals surface area contributed by atoms with E-state index in [1.165, 1.54) is 102 Å². The molecule has 1 N–H and O–H groups in total. The summed E-state index contributed by atoms with van der Waals surface area (Å²) in [7, 11) is 0. The van der Waals surface area contributed by atoms with E-state index in [2.05, 4.69) is 31.4 Å². The summed E-state index contributed by atoms with van der Waals surface area (Å²) >= 11 is 0. The van der Waals surface area contributed by atoms with Gasteiger partial charge in [0, 0.05) is 24.6 Å². The molecule has 2 fully saturated rings. The van der Waals surface area contributed by atoms with Crippen molar-refractivity contribution in [3.63, 3.8) is 0 Å². The van der Waals surface area contributed by atoms with Crippen LogP contribution in [0.4, 0.5) is 0 Å². The first kappa shape index (κ1) is 34.5. The number of hydrogen-bond acceptors (Lipinski definition) is 5. The first-order valence-electron chi connectivity index (χ1n) is 19.0. The minimum Gasteiger partial charge on any atom is -0.481 e. The Bertz CT molecular complexity index is 1140. The lowest BCUT2D eigenvalue weighted by Gasteiger charge is -2.60. The van der Waals surface area contributed by atoms with Gasteiger partial charge in [-0.25, -0.2) is 0 Å². The molecule has 1 saturated heterocycles. The second-order valence-electron chi connectivity index (χ2n) is 15.1. The minimum atomic E-state index is -0.961. The van der Waals surface area contributed by atoms with E-state index in [-0.39, 0.29) is 18.1 Å². The van der Waals surface area contributed by atoms with Crippen LogP contribution >= 0.6 is 0 Å². The molecule has 1 aromatic rings. The molecule has 5 nitrogen and oxygen atoms in total. The molecule has 45 heavy (non-hydrogen) atoms. The van der Waals surface area contributed by atoms with Crippen molar-refractivity contribution in [2.24, 2.45) is 5.92 Å². The third-order valence-electron chi connectivity index (χ3n) is 11.8. The second kappa shape index (κ2) is 15.8. The quantitative estimate of drug-likeness (QED) is 0.0641. The molecule has 5 rings (SSSR count). The van der Waals surface area contributed by atoms with Crippen molar-refractivity contribution in [1.82, 2.24) is 4.90 Å². The highest BCUT2D eigenvalue weighted by atomic mass is 16.6. The molecule has 1 spiro atoms. The number of esters is 1.